The van der Waals surface area contributed by atoms with Crippen LogP contribution in [0, 0.1) is 0 Å². The topological polar surface area (TPSA) is 32.3 Å². The van der Waals surface area contributed by atoms with E-state index in [1.165, 1.54) is 38.5 Å². The van der Waals surface area contributed by atoms with Crippen LogP contribution >= 0.6 is 0 Å². The summed E-state index contributed by atoms with van der Waals surface area (Å²) >= 11 is 0. The molecule has 0 spiro atoms. The first-order chi connectivity index (χ1) is 7.86. The van der Waals surface area contributed by atoms with Gasteiger partial charge in [-0.15, -0.1) is 0 Å². The Kier molecular flexibility index (Phi) is 4.64. The van der Waals surface area contributed by atoms with Crippen LogP contribution in [0.1, 0.15) is 51.4 Å². The van der Waals surface area contributed by atoms with Gasteiger partial charge in [-0.25, -0.2) is 0 Å². The van der Waals surface area contributed by atoms with Crippen LogP contribution < -0.4 is 5.32 Å². The van der Waals surface area contributed by atoms with E-state index in [2.05, 4.69) is 10.2 Å². The fourth-order valence-corrected chi connectivity index (χ4v) is 2.78. The van der Waals surface area contributed by atoms with E-state index in [9.17, 15) is 4.79 Å². The first kappa shape index (κ1) is 11.9. The SMILES string of the molecule is O=C(CCC1CCCN1)N1CCCCCC1. The van der Waals surface area contributed by atoms with Crippen molar-refractivity contribution in [2.75, 3.05) is 19.6 Å². The normalized spacial score (nSPS) is 26.8. The summed E-state index contributed by atoms with van der Waals surface area (Å²) in [4.78, 5) is 14.1. The molecule has 0 aromatic rings. The highest BCUT2D eigenvalue weighted by Crippen LogP contribution is 2.14. The quantitative estimate of drug-likeness (QED) is 0.794. The Hall–Kier alpha value is -0.570. The van der Waals surface area contributed by atoms with Gasteiger partial charge in [-0.2, -0.15) is 0 Å². The molecule has 2 heterocycles. The molecule has 3 nitrogen and oxygen atoms in total. The van der Waals surface area contributed by atoms with Gasteiger partial charge in [0, 0.05) is 25.6 Å². The molecule has 3 heteroatoms. The molecule has 2 rings (SSSR count). The predicted molar refractivity (Wildman–Crippen MR) is 65.3 cm³/mol. The van der Waals surface area contributed by atoms with Gasteiger partial charge in [-0.3, -0.25) is 4.79 Å². The van der Waals surface area contributed by atoms with Gasteiger partial charge in [0.2, 0.25) is 5.91 Å². The molecule has 92 valence electrons. The van der Waals surface area contributed by atoms with Crippen LogP contribution in [0.3, 0.4) is 0 Å². The Morgan fingerprint density at radius 1 is 1.12 bits per heavy atom. The maximum Gasteiger partial charge on any atom is 0.222 e. The van der Waals surface area contributed by atoms with E-state index in [-0.39, 0.29) is 0 Å². The van der Waals surface area contributed by atoms with E-state index in [0.717, 1.165) is 32.5 Å². The number of hydrogen-bond acceptors (Lipinski definition) is 2. The van der Waals surface area contributed by atoms with E-state index >= 15 is 0 Å². The molecule has 0 radical (unpaired) electrons. The van der Waals surface area contributed by atoms with Gasteiger partial charge in [0.05, 0.1) is 0 Å². The van der Waals surface area contributed by atoms with E-state index in [0.29, 0.717) is 11.9 Å². The van der Waals surface area contributed by atoms with Crippen molar-refractivity contribution in [3.63, 3.8) is 0 Å². The van der Waals surface area contributed by atoms with Crippen molar-refractivity contribution < 1.29 is 4.79 Å². The zero-order valence-electron chi connectivity index (χ0n) is 10.2. The summed E-state index contributed by atoms with van der Waals surface area (Å²) in [6.07, 6.45) is 9.33. The molecule has 0 bridgehead atoms. The largest absolute Gasteiger partial charge is 0.343 e. The molecule has 0 aliphatic carbocycles. The second kappa shape index (κ2) is 6.24. The number of nitrogens with zero attached hydrogens (tertiary/aromatic N) is 1. The maximum absolute atomic E-state index is 12.0. The van der Waals surface area contributed by atoms with Gasteiger partial charge in [0.25, 0.3) is 0 Å². The highest BCUT2D eigenvalue weighted by molar-refractivity contribution is 5.76. The number of hydrogen-bond donors (Lipinski definition) is 1. The molecule has 16 heavy (non-hydrogen) atoms. The average molecular weight is 224 g/mol. The maximum atomic E-state index is 12.0. The minimum Gasteiger partial charge on any atom is -0.343 e. The highest BCUT2D eigenvalue weighted by Gasteiger charge is 2.19. The number of rotatable bonds is 3. The van der Waals surface area contributed by atoms with Crippen molar-refractivity contribution in [2.24, 2.45) is 0 Å². The third kappa shape index (κ3) is 3.48. The molecule has 1 amide bonds. The van der Waals surface area contributed by atoms with Crippen LogP contribution in [0.4, 0.5) is 0 Å². The van der Waals surface area contributed by atoms with E-state index in [1.54, 1.807) is 0 Å². The first-order valence-corrected chi connectivity index (χ1v) is 6.87. The number of likely N-dealkylation sites (tertiary alicyclic amines) is 1. The van der Waals surface area contributed by atoms with Crippen LogP contribution in [0.25, 0.3) is 0 Å². The number of amides is 1. The molecule has 1 unspecified atom stereocenters. The van der Waals surface area contributed by atoms with Gasteiger partial charge in [0.15, 0.2) is 0 Å². The summed E-state index contributed by atoms with van der Waals surface area (Å²) in [5.41, 5.74) is 0. The monoisotopic (exact) mass is 224 g/mol. The van der Waals surface area contributed by atoms with Crippen molar-refractivity contribution in [3.05, 3.63) is 0 Å². The summed E-state index contributed by atoms with van der Waals surface area (Å²) in [5.74, 6) is 0.385. The van der Waals surface area contributed by atoms with Crippen molar-refractivity contribution >= 4 is 5.91 Å². The lowest BCUT2D eigenvalue weighted by Gasteiger charge is -2.21. The van der Waals surface area contributed by atoms with Crippen molar-refractivity contribution in [1.29, 1.82) is 0 Å². The second-order valence-electron chi connectivity index (χ2n) is 5.13. The third-order valence-electron chi connectivity index (χ3n) is 3.83. The lowest BCUT2D eigenvalue weighted by Crippen LogP contribution is -2.33. The fraction of sp³-hybridized carbons (Fsp3) is 0.923. The van der Waals surface area contributed by atoms with Crippen LogP contribution in [-0.4, -0.2) is 36.5 Å². The lowest BCUT2D eigenvalue weighted by atomic mass is 10.1. The molecule has 2 saturated heterocycles. The Morgan fingerprint density at radius 3 is 2.50 bits per heavy atom. The summed E-state index contributed by atoms with van der Waals surface area (Å²) in [7, 11) is 0. The molecular weight excluding hydrogens is 200 g/mol. The van der Waals surface area contributed by atoms with Gasteiger partial charge in [-0.05, 0) is 38.6 Å². The molecular formula is C13H24N2O. The molecule has 1 N–H and O–H groups in total. The summed E-state index contributed by atoms with van der Waals surface area (Å²) < 4.78 is 0. The second-order valence-corrected chi connectivity index (χ2v) is 5.13. The number of nitrogens with one attached hydrogen (secondary N) is 1. The highest BCUT2D eigenvalue weighted by atomic mass is 16.2. The Balaban J connectivity index is 1.69. The van der Waals surface area contributed by atoms with Crippen LogP contribution in [0.2, 0.25) is 0 Å². The first-order valence-electron chi connectivity index (χ1n) is 6.87. The molecule has 0 aromatic heterocycles. The van der Waals surface area contributed by atoms with E-state index in [4.69, 9.17) is 0 Å². The Morgan fingerprint density at radius 2 is 1.88 bits per heavy atom. The number of carbonyl (C=O) groups excluding carboxylic acids is 1. The predicted octanol–water partition coefficient (Wildman–Crippen LogP) is 1.92. The van der Waals surface area contributed by atoms with Crippen LogP contribution in [0.5, 0.6) is 0 Å². The standard InChI is InChI=1S/C13H24N2O/c16-13(8-7-12-6-5-9-14-12)15-10-3-1-2-4-11-15/h12,14H,1-11H2. The smallest absolute Gasteiger partial charge is 0.222 e. The van der Waals surface area contributed by atoms with Crippen molar-refractivity contribution in [2.45, 2.75) is 57.4 Å². The van der Waals surface area contributed by atoms with Gasteiger partial charge < -0.3 is 10.2 Å². The summed E-state index contributed by atoms with van der Waals surface area (Å²) in [5, 5.41) is 3.46. The van der Waals surface area contributed by atoms with Gasteiger partial charge in [0.1, 0.15) is 0 Å². The molecule has 0 aromatic carbocycles. The number of carbonyl (C=O) groups is 1. The molecule has 2 aliphatic heterocycles. The third-order valence-corrected chi connectivity index (χ3v) is 3.83. The molecule has 0 saturated carbocycles. The zero-order valence-corrected chi connectivity index (χ0v) is 10.2. The minimum absolute atomic E-state index is 0.385. The van der Waals surface area contributed by atoms with Gasteiger partial charge >= 0.3 is 0 Å². The summed E-state index contributed by atoms with van der Waals surface area (Å²) in [6.45, 7) is 3.14. The average Bonchev–Trinajstić information content (AvgIpc) is 2.66. The summed E-state index contributed by atoms with van der Waals surface area (Å²) in [6, 6.07) is 0.607. The lowest BCUT2D eigenvalue weighted by molar-refractivity contribution is -0.131. The Bertz CT molecular complexity index is 216. The van der Waals surface area contributed by atoms with Crippen molar-refractivity contribution in [1.82, 2.24) is 10.2 Å². The van der Waals surface area contributed by atoms with E-state index < -0.39 is 0 Å². The van der Waals surface area contributed by atoms with Crippen molar-refractivity contribution in [3.8, 4) is 0 Å². The minimum atomic E-state index is 0.385. The molecule has 2 aliphatic rings. The Labute approximate surface area is 98.6 Å². The van der Waals surface area contributed by atoms with Gasteiger partial charge in [-0.1, -0.05) is 12.8 Å². The zero-order chi connectivity index (χ0) is 11.2. The van der Waals surface area contributed by atoms with Crippen LogP contribution in [0.15, 0.2) is 0 Å². The van der Waals surface area contributed by atoms with E-state index in [1.807, 2.05) is 0 Å². The van der Waals surface area contributed by atoms with Crippen LogP contribution in [-0.2, 0) is 4.79 Å². The fourth-order valence-electron chi connectivity index (χ4n) is 2.78. The molecule has 1 atom stereocenters. The molecule has 2 fully saturated rings.